The van der Waals surface area contributed by atoms with Crippen LogP contribution in [0.2, 0.25) is 5.02 Å². The summed E-state index contributed by atoms with van der Waals surface area (Å²) in [7, 11) is 0. The smallest absolute Gasteiger partial charge is 0.162 e. The zero-order valence-electron chi connectivity index (χ0n) is 11.0. The van der Waals surface area contributed by atoms with Crippen LogP contribution in [-0.4, -0.2) is 23.2 Å². The number of fused-ring (bicyclic) bond motifs is 2. The molecule has 0 saturated heterocycles. The van der Waals surface area contributed by atoms with E-state index in [0.717, 1.165) is 28.4 Å². The second-order valence-electron chi connectivity index (χ2n) is 4.84. The minimum atomic E-state index is 0.553. The highest BCUT2D eigenvalue weighted by Gasteiger charge is 2.15. The van der Waals surface area contributed by atoms with Crippen LogP contribution in [0.25, 0.3) is 22.4 Å². The minimum Gasteiger partial charge on any atom is -0.486 e. The van der Waals surface area contributed by atoms with E-state index < -0.39 is 0 Å². The number of H-pyrrole nitrogens is 1. The lowest BCUT2D eigenvalue weighted by molar-refractivity contribution is 0.171. The maximum absolute atomic E-state index is 6.01. The van der Waals surface area contributed by atoms with E-state index in [2.05, 4.69) is 9.97 Å². The number of imidazole rings is 1. The van der Waals surface area contributed by atoms with E-state index >= 15 is 0 Å². The zero-order valence-corrected chi connectivity index (χ0v) is 11.8. The first kappa shape index (κ1) is 12.3. The van der Waals surface area contributed by atoms with Gasteiger partial charge < -0.3 is 20.2 Å². The molecule has 0 bridgehead atoms. The quantitative estimate of drug-likeness (QED) is 0.677. The lowest BCUT2D eigenvalue weighted by Crippen LogP contribution is -2.15. The van der Waals surface area contributed by atoms with Gasteiger partial charge in [-0.1, -0.05) is 11.6 Å². The maximum Gasteiger partial charge on any atom is 0.162 e. The van der Waals surface area contributed by atoms with Crippen molar-refractivity contribution in [2.75, 3.05) is 18.9 Å². The highest BCUT2D eigenvalue weighted by Crippen LogP contribution is 2.35. The first-order chi connectivity index (χ1) is 10.2. The lowest BCUT2D eigenvalue weighted by Gasteiger charge is -2.18. The van der Waals surface area contributed by atoms with Crippen LogP contribution in [0.5, 0.6) is 11.5 Å². The summed E-state index contributed by atoms with van der Waals surface area (Å²) in [6.45, 7) is 1.13. The standard InChI is InChI=1S/C15H12ClN3O2/c16-9-6-10(17)14-11(7-9)18-15(19-14)8-1-2-12-13(5-8)21-4-3-20-12/h1-2,5-7H,3-4,17H2,(H,18,19). The Balaban J connectivity index is 1.84. The number of benzene rings is 2. The van der Waals surface area contributed by atoms with E-state index in [9.17, 15) is 0 Å². The Morgan fingerprint density at radius 2 is 1.90 bits per heavy atom. The molecule has 0 amide bonds. The third-order valence-corrected chi connectivity index (χ3v) is 3.61. The number of hydrogen-bond acceptors (Lipinski definition) is 4. The summed E-state index contributed by atoms with van der Waals surface area (Å²) < 4.78 is 11.1. The van der Waals surface area contributed by atoms with Gasteiger partial charge >= 0.3 is 0 Å². The number of nitrogens with one attached hydrogen (secondary N) is 1. The number of hydrogen-bond donors (Lipinski definition) is 2. The van der Waals surface area contributed by atoms with Gasteiger partial charge in [0.05, 0.1) is 11.2 Å². The Morgan fingerprint density at radius 1 is 1.10 bits per heavy atom. The topological polar surface area (TPSA) is 73.2 Å². The van der Waals surface area contributed by atoms with Crippen LogP contribution in [0.3, 0.4) is 0 Å². The Bertz CT molecular complexity index is 844. The number of ether oxygens (including phenoxy) is 2. The summed E-state index contributed by atoms with van der Waals surface area (Å²) >= 11 is 6.01. The van der Waals surface area contributed by atoms with Gasteiger partial charge in [0.2, 0.25) is 0 Å². The van der Waals surface area contributed by atoms with Crippen LogP contribution in [0.15, 0.2) is 30.3 Å². The molecule has 4 rings (SSSR count). The number of nitrogens with zero attached hydrogens (tertiary/aromatic N) is 1. The Labute approximate surface area is 125 Å². The summed E-state index contributed by atoms with van der Waals surface area (Å²) in [4.78, 5) is 7.77. The fourth-order valence-electron chi connectivity index (χ4n) is 2.44. The van der Waals surface area contributed by atoms with Gasteiger partial charge in [-0.05, 0) is 30.3 Å². The second-order valence-corrected chi connectivity index (χ2v) is 5.27. The molecule has 1 aromatic heterocycles. The Hall–Kier alpha value is -2.40. The maximum atomic E-state index is 6.01. The van der Waals surface area contributed by atoms with Crippen molar-refractivity contribution in [3.05, 3.63) is 35.4 Å². The largest absolute Gasteiger partial charge is 0.486 e. The molecule has 3 aromatic rings. The summed E-state index contributed by atoms with van der Waals surface area (Å²) in [5.41, 5.74) is 8.93. The van der Waals surface area contributed by atoms with E-state index in [-0.39, 0.29) is 0 Å². The van der Waals surface area contributed by atoms with E-state index in [1.54, 1.807) is 6.07 Å². The average molecular weight is 302 g/mol. The molecule has 0 radical (unpaired) electrons. The summed E-state index contributed by atoms with van der Waals surface area (Å²) in [5, 5.41) is 0.581. The van der Waals surface area contributed by atoms with Gasteiger partial charge in [0, 0.05) is 10.6 Å². The normalized spacial score (nSPS) is 13.6. The van der Waals surface area contributed by atoms with Crippen LogP contribution in [0.4, 0.5) is 5.69 Å². The highest BCUT2D eigenvalue weighted by molar-refractivity contribution is 6.31. The van der Waals surface area contributed by atoms with Crippen LogP contribution in [0, 0.1) is 0 Å². The summed E-state index contributed by atoms with van der Waals surface area (Å²) in [6, 6.07) is 9.22. The zero-order chi connectivity index (χ0) is 14.4. The number of anilines is 1. The van der Waals surface area contributed by atoms with Gasteiger partial charge in [-0.15, -0.1) is 0 Å². The highest BCUT2D eigenvalue weighted by atomic mass is 35.5. The third kappa shape index (κ3) is 2.06. The molecule has 106 valence electrons. The first-order valence-electron chi connectivity index (χ1n) is 6.55. The van der Waals surface area contributed by atoms with Gasteiger partial charge in [-0.25, -0.2) is 4.98 Å². The van der Waals surface area contributed by atoms with Crippen molar-refractivity contribution in [1.29, 1.82) is 0 Å². The molecule has 0 spiro atoms. The predicted octanol–water partition coefficient (Wildman–Crippen LogP) is 3.24. The molecule has 0 aliphatic carbocycles. The molecule has 2 aromatic carbocycles. The minimum absolute atomic E-state index is 0.553. The number of halogens is 1. The summed E-state index contributed by atoms with van der Waals surface area (Å²) in [6.07, 6.45) is 0. The van der Waals surface area contributed by atoms with Crippen molar-refractivity contribution in [3.63, 3.8) is 0 Å². The van der Waals surface area contributed by atoms with Gasteiger partial charge in [-0.3, -0.25) is 0 Å². The number of rotatable bonds is 1. The lowest BCUT2D eigenvalue weighted by atomic mass is 10.2. The van der Waals surface area contributed by atoms with Crippen LogP contribution in [0.1, 0.15) is 0 Å². The molecule has 1 aliphatic rings. The number of nitrogen functional groups attached to an aromatic ring is 1. The van der Waals surface area contributed by atoms with E-state index in [1.165, 1.54) is 0 Å². The van der Waals surface area contributed by atoms with Crippen molar-refractivity contribution >= 4 is 28.3 Å². The molecule has 5 nitrogen and oxygen atoms in total. The molecule has 1 aliphatic heterocycles. The fraction of sp³-hybridized carbons (Fsp3) is 0.133. The number of aromatic nitrogens is 2. The van der Waals surface area contributed by atoms with Crippen LogP contribution in [-0.2, 0) is 0 Å². The molecule has 0 atom stereocenters. The number of nitrogens with two attached hydrogens (primary N) is 1. The van der Waals surface area contributed by atoms with Crippen LogP contribution < -0.4 is 15.2 Å². The fourth-order valence-corrected chi connectivity index (χ4v) is 2.66. The molecule has 0 unspecified atom stereocenters. The van der Waals surface area contributed by atoms with Crippen molar-refractivity contribution < 1.29 is 9.47 Å². The average Bonchev–Trinajstić information content (AvgIpc) is 2.91. The molecular formula is C15H12ClN3O2. The molecule has 0 fully saturated rings. The Morgan fingerprint density at radius 3 is 2.76 bits per heavy atom. The molecular weight excluding hydrogens is 290 g/mol. The van der Waals surface area contributed by atoms with E-state index in [4.69, 9.17) is 26.8 Å². The van der Waals surface area contributed by atoms with Crippen molar-refractivity contribution in [3.8, 4) is 22.9 Å². The van der Waals surface area contributed by atoms with Gasteiger partial charge in [0.15, 0.2) is 11.5 Å². The summed E-state index contributed by atoms with van der Waals surface area (Å²) in [5.74, 6) is 2.20. The van der Waals surface area contributed by atoms with E-state index in [1.807, 2.05) is 24.3 Å². The van der Waals surface area contributed by atoms with Gasteiger partial charge in [-0.2, -0.15) is 0 Å². The second kappa shape index (κ2) is 4.56. The number of aromatic amines is 1. The SMILES string of the molecule is Nc1cc(Cl)cc2[nH]c(-c3ccc4c(c3)OCCO4)nc12. The van der Waals surface area contributed by atoms with Gasteiger partial charge in [0.1, 0.15) is 24.6 Å². The molecule has 6 heteroatoms. The van der Waals surface area contributed by atoms with Gasteiger partial charge in [0.25, 0.3) is 0 Å². The molecule has 3 N–H and O–H groups in total. The Kier molecular flexibility index (Phi) is 2.68. The monoisotopic (exact) mass is 301 g/mol. The molecule has 2 heterocycles. The van der Waals surface area contributed by atoms with E-state index in [0.29, 0.717) is 29.4 Å². The first-order valence-corrected chi connectivity index (χ1v) is 6.93. The van der Waals surface area contributed by atoms with Crippen molar-refractivity contribution in [2.24, 2.45) is 0 Å². The van der Waals surface area contributed by atoms with Crippen molar-refractivity contribution in [1.82, 2.24) is 9.97 Å². The predicted molar refractivity (Wildman–Crippen MR) is 81.9 cm³/mol. The van der Waals surface area contributed by atoms with Crippen molar-refractivity contribution in [2.45, 2.75) is 0 Å². The molecule has 0 saturated carbocycles. The molecule has 21 heavy (non-hydrogen) atoms. The van der Waals surface area contributed by atoms with Crippen LogP contribution >= 0.6 is 11.6 Å². The third-order valence-electron chi connectivity index (χ3n) is 3.40.